The van der Waals surface area contributed by atoms with Crippen LogP contribution in [0.4, 0.5) is 0 Å². The average Bonchev–Trinajstić information content (AvgIpc) is 2.93. The average molecular weight is 348 g/mol. The van der Waals surface area contributed by atoms with Gasteiger partial charge in [0.15, 0.2) is 0 Å². The molecule has 0 radical (unpaired) electrons. The second-order valence-electron chi connectivity index (χ2n) is 5.70. The van der Waals surface area contributed by atoms with Crippen molar-refractivity contribution in [1.82, 2.24) is 10.2 Å². The molecule has 6 heteroatoms. The van der Waals surface area contributed by atoms with Gasteiger partial charge in [-0.1, -0.05) is 37.3 Å². The molecule has 4 nitrogen and oxygen atoms in total. The molecule has 0 spiro atoms. The Kier molecular flexibility index (Phi) is 9.01. The smallest absolute Gasteiger partial charge is 0.244 e. The van der Waals surface area contributed by atoms with Gasteiger partial charge in [0.2, 0.25) is 5.91 Å². The van der Waals surface area contributed by atoms with Crippen molar-refractivity contribution in [2.45, 2.75) is 38.3 Å². The number of rotatable bonds is 5. The van der Waals surface area contributed by atoms with Crippen molar-refractivity contribution in [3.8, 4) is 0 Å². The first-order valence-electron chi connectivity index (χ1n) is 7.42. The Balaban J connectivity index is 0.00000220. The molecule has 1 aliphatic heterocycles. The Morgan fingerprint density at radius 2 is 2.00 bits per heavy atom. The number of benzene rings is 1. The molecule has 1 saturated heterocycles. The summed E-state index contributed by atoms with van der Waals surface area (Å²) in [6.45, 7) is 6.79. The summed E-state index contributed by atoms with van der Waals surface area (Å²) in [6.07, 6.45) is 2.37. The van der Waals surface area contributed by atoms with Gasteiger partial charge in [-0.3, -0.25) is 9.69 Å². The van der Waals surface area contributed by atoms with Crippen LogP contribution in [0, 0.1) is 0 Å². The Hall–Kier alpha value is -0.810. The highest BCUT2D eigenvalue weighted by Gasteiger charge is 2.31. The van der Waals surface area contributed by atoms with Gasteiger partial charge in [-0.05, 0) is 38.4 Å². The van der Waals surface area contributed by atoms with E-state index in [4.69, 9.17) is 5.73 Å². The summed E-state index contributed by atoms with van der Waals surface area (Å²) in [5, 5.41) is 3.02. The molecule has 0 bridgehead atoms. The lowest BCUT2D eigenvalue weighted by Gasteiger charge is -2.27. The van der Waals surface area contributed by atoms with E-state index in [2.05, 4.69) is 17.1 Å². The number of hydrogen-bond donors (Lipinski definition) is 2. The van der Waals surface area contributed by atoms with E-state index in [1.54, 1.807) is 6.92 Å². The molecule has 1 fully saturated rings. The lowest BCUT2D eigenvalue weighted by Crippen LogP contribution is -2.51. The highest BCUT2D eigenvalue weighted by Crippen LogP contribution is 2.19. The molecule has 126 valence electrons. The molecule has 3 N–H and O–H groups in total. The maximum absolute atomic E-state index is 12.4. The number of amides is 1. The van der Waals surface area contributed by atoms with Gasteiger partial charge >= 0.3 is 0 Å². The monoisotopic (exact) mass is 347 g/mol. The van der Waals surface area contributed by atoms with Crippen LogP contribution in [-0.2, 0) is 10.3 Å². The third-order valence-electron chi connectivity index (χ3n) is 4.25. The highest BCUT2D eigenvalue weighted by molar-refractivity contribution is 5.87. The molecule has 2 atom stereocenters. The second kappa shape index (κ2) is 9.36. The number of nitrogens with zero attached hydrogens (tertiary/aromatic N) is 1. The minimum absolute atomic E-state index is 0. The summed E-state index contributed by atoms with van der Waals surface area (Å²) in [7, 11) is 0. The number of carbonyl (C=O) groups is 1. The van der Waals surface area contributed by atoms with Crippen molar-refractivity contribution >= 4 is 30.7 Å². The SMILES string of the molecule is CCN1CCCC1CNC(=O)C(C)(N)c1ccccc1.Cl.Cl. The number of hydrogen-bond acceptors (Lipinski definition) is 3. The Labute approximate surface area is 145 Å². The zero-order chi connectivity index (χ0) is 14.6. The zero-order valence-corrected chi connectivity index (χ0v) is 14.9. The van der Waals surface area contributed by atoms with E-state index in [-0.39, 0.29) is 30.7 Å². The molecule has 2 rings (SSSR count). The fourth-order valence-electron chi connectivity index (χ4n) is 2.85. The van der Waals surface area contributed by atoms with Crippen LogP contribution in [0.25, 0.3) is 0 Å². The lowest BCUT2D eigenvalue weighted by atomic mass is 9.92. The third-order valence-corrected chi connectivity index (χ3v) is 4.25. The van der Waals surface area contributed by atoms with Crippen LogP contribution in [0.15, 0.2) is 30.3 Å². The van der Waals surface area contributed by atoms with Gasteiger partial charge in [0, 0.05) is 12.6 Å². The molecule has 1 amide bonds. The molecular formula is C16H27Cl2N3O. The van der Waals surface area contributed by atoms with Crippen LogP contribution in [0.2, 0.25) is 0 Å². The molecule has 1 aromatic carbocycles. The lowest BCUT2D eigenvalue weighted by molar-refractivity contribution is -0.126. The van der Waals surface area contributed by atoms with Crippen LogP contribution >= 0.6 is 24.8 Å². The first-order valence-corrected chi connectivity index (χ1v) is 7.42. The summed E-state index contributed by atoms with van der Waals surface area (Å²) < 4.78 is 0. The summed E-state index contributed by atoms with van der Waals surface area (Å²) in [5.74, 6) is -0.105. The van der Waals surface area contributed by atoms with E-state index < -0.39 is 5.54 Å². The minimum atomic E-state index is -0.975. The predicted octanol–water partition coefficient (Wildman–Crippen LogP) is 2.30. The summed E-state index contributed by atoms with van der Waals surface area (Å²) in [6, 6.07) is 9.99. The predicted molar refractivity (Wildman–Crippen MR) is 95.8 cm³/mol. The van der Waals surface area contributed by atoms with Crippen LogP contribution in [0.1, 0.15) is 32.3 Å². The van der Waals surface area contributed by atoms with E-state index in [9.17, 15) is 4.79 Å². The Bertz CT molecular complexity index is 454. The minimum Gasteiger partial charge on any atom is -0.353 e. The van der Waals surface area contributed by atoms with Crippen molar-refractivity contribution in [3.05, 3.63) is 35.9 Å². The number of halogens is 2. The number of nitrogens with one attached hydrogen (secondary N) is 1. The third kappa shape index (κ3) is 4.85. The Morgan fingerprint density at radius 1 is 1.36 bits per heavy atom. The van der Waals surface area contributed by atoms with Gasteiger partial charge in [-0.2, -0.15) is 0 Å². The van der Waals surface area contributed by atoms with Gasteiger partial charge in [0.25, 0.3) is 0 Å². The van der Waals surface area contributed by atoms with Crippen molar-refractivity contribution in [3.63, 3.8) is 0 Å². The quantitative estimate of drug-likeness (QED) is 0.859. The van der Waals surface area contributed by atoms with Gasteiger partial charge in [0.1, 0.15) is 5.54 Å². The van der Waals surface area contributed by atoms with Crippen molar-refractivity contribution in [1.29, 1.82) is 0 Å². The number of likely N-dealkylation sites (N-methyl/N-ethyl adjacent to an activating group) is 1. The van der Waals surface area contributed by atoms with E-state index >= 15 is 0 Å². The molecule has 1 aromatic rings. The highest BCUT2D eigenvalue weighted by atomic mass is 35.5. The van der Waals surface area contributed by atoms with E-state index in [0.717, 1.165) is 25.1 Å². The van der Waals surface area contributed by atoms with Crippen molar-refractivity contribution in [2.75, 3.05) is 19.6 Å². The van der Waals surface area contributed by atoms with Gasteiger partial charge in [-0.25, -0.2) is 0 Å². The second-order valence-corrected chi connectivity index (χ2v) is 5.70. The van der Waals surface area contributed by atoms with Gasteiger partial charge in [-0.15, -0.1) is 24.8 Å². The number of likely N-dealkylation sites (tertiary alicyclic amines) is 1. The van der Waals surface area contributed by atoms with Crippen LogP contribution in [0.5, 0.6) is 0 Å². The molecule has 22 heavy (non-hydrogen) atoms. The molecule has 2 unspecified atom stereocenters. The topological polar surface area (TPSA) is 58.4 Å². The molecule has 0 aliphatic carbocycles. The molecular weight excluding hydrogens is 321 g/mol. The van der Waals surface area contributed by atoms with E-state index in [1.165, 1.54) is 6.42 Å². The van der Waals surface area contributed by atoms with Crippen LogP contribution in [-0.4, -0.2) is 36.5 Å². The molecule has 1 heterocycles. The fraction of sp³-hybridized carbons (Fsp3) is 0.562. The number of carbonyl (C=O) groups excluding carboxylic acids is 1. The van der Waals surface area contributed by atoms with Gasteiger partial charge < -0.3 is 11.1 Å². The summed E-state index contributed by atoms with van der Waals surface area (Å²) >= 11 is 0. The van der Waals surface area contributed by atoms with Crippen molar-refractivity contribution in [2.24, 2.45) is 5.73 Å². The molecule has 0 saturated carbocycles. The Morgan fingerprint density at radius 3 is 2.59 bits per heavy atom. The summed E-state index contributed by atoms with van der Waals surface area (Å²) in [5.41, 5.74) is 6.08. The maximum atomic E-state index is 12.4. The standard InChI is InChI=1S/C16H25N3O.2ClH/c1-3-19-11-7-10-14(19)12-18-15(20)16(2,17)13-8-5-4-6-9-13;;/h4-6,8-9,14H,3,7,10-12,17H2,1-2H3,(H,18,20);2*1H. The zero-order valence-electron chi connectivity index (χ0n) is 13.2. The fourth-order valence-corrected chi connectivity index (χ4v) is 2.85. The first kappa shape index (κ1) is 21.2. The molecule has 1 aliphatic rings. The van der Waals surface area contributed by atoms with Crippen LogP contribution in [0.3, 0.4) is 0 Å². The van der Waals surface area contributed by atoms with E-state index in [0.29, 0.717) is 12.6 Å². The van der Waals surface area contributed by atoms with Gasteiger partial charge in [0.05, 0.1) is 0 Å². The normalized spacial score (nSPS) is 20.4. The largest absolute Gasteiger partial charge is 0.353 e. The van der Waals surface area contributed by atoms with Crippen molar-refractivity contribution < 1.29 is 4.79 Å². The maximum Gasteiger partial charge on any atom is 0.244 e. The molecule has 0 aromatic heterocycles. The van der Waals surface area contributed by atoms with E-state index in [1.807, 2.05) is 30.3 Å². The number of nitrogens with two attached hydrogens (primary N) is 1. The van der Waals surface area contributed by atoms with Crippen LogP contribution < -0.4 is 11.1 Å². The first-order chi connectivity index (χ1) is 9.55. The summed E-state index contributed by atoms with van der Waals surface area (Å²) in [4.78, 5) is 14.8.